The van der Waals surface area contributed by atoms with Crippen molar-refractivity contribution >= 4 is 5.91 Å². The highest BCUT2D eigenvalue weighted by Crippen LogP contribution is 2.30. The van der Waals surface area contributed by atoms with Crippen LogP contribution in [0, 0.1) is 0 Å². The van der Waals surface area contributed by atoms with Crippen molar-refractivity contribution < 1.29 is 31.8 Å². The number of ether oxygens (including phenoxy) is 2. The van der Waals surface area contributed by atoms with E-state index >= 15 is 0 Å². The number of hydrogen-bond donors (Lipinski definition) is 1. The lowest BCUT2D eigenvalue weighted by Gasteiger charge is -2.12. The number of benzene rings is 1. The Hall–Kier alpha value is -1.99. The number of amides is 1. The van der Waals surface area contributed by atoms with Crippen LogP contribution in [0.15, 0.2) is 18.2 Å². The smallest absolute Gasteiger partial charge is 0.387 e. The first-order chi connectivity index (χ1) is 7.90. The van der Waals surface area contributed by atoms with Crippen molar-refractivity contribution in [1.29, 1.82) is 0 Å². The molecule has 1 rings (SSSR count). The van der Waals surface area contributed by atoms with Crippen LogP contribution < -0.4 is 15.2 Å². The Bertz CT molecular complexity index is 411. The van der Waals surface area contributed by atoms with Gasteiger partial charge >= 0.3 is 13.2 Å². The van der Waals surface area contributed by atoms with E-state index in [1.54, 1.807) is 0 Å². The Balaban J connectivity index is 3.07. The van der Waals surface area contributed by atoms with E-state index in [0.717, 1.165) is 18.2 Å². The van der Waals surface area contributed by atoms with E-state index in [-0.39, 0.29) is 5.56 Å². The first kappa shape index (κ1) is 13.1. The molecule has 2 N–H and O–H groups in total. The zero-order valence-electron chi connectivity index (χ0n) is 8.20. The summed E-state index contributed by atoms with van der Waals surface area (Å²) in [5, 5.41) is 0. The molecule has 1 aromatic rings. The van der Waals surface area contributed by atoms with Gasteiger partial charge in [-0.05, 0) is 18.2 Å². The summed E-state index contributed by atoms with van der Waals surface area (Å²) in [5.41, 5.74) is 4.73. The number of primary amides is 1. The molecule has 0 bridgehead atoms. The molecule has 17 heavy (non-hydrogen) atoms. The number of hydrogen-bond acceptors (Lipinski definition) is 3. The lowest BCUT2D eigenvalue weighted by Crippen LogP contribution is -2.13. The van der Waals surface area contributed by atoms with Crippen LogP contribution in [0.5, 0.6) is 11.5 Å². The summed E-state index contributed by atoms with van der Waals surface area (Å²) >= 11 is 0. The molecule has 0 aliphatic heterocycles. The van der Waals surface area contributed by atoms with E-state index in [4.69, 9.17) is 5.73 Å². The second kappa shape index (κ2) is 5.37. The molecule has 0 atom stereocenters. The monoisotopic (exact) mass is 253 g/mol. The van der Waals surface area contributed by atoms with E-state index in [0.29, 0.717) is 0 Å². The molecule has 4 nitrogen and oxygen atoms in total. The van der Waals surface area contributed by atoms with Crippen molar-refractivity contribution in [2.75, 3.05) is 0 Å². The average Bonchev–Trinajstić information content (AvgIpc) is 2.18. The minimum absolute atomic E-state index is 0.165. The molecule has 0 unspecified atom stereocenters. The Morgan fingerprint density at radius 3 is 2.06 bits per heavy atom. The third-order valence-electron chi connectivity index (χ3n) is 1.66. The molecule has 1 aromatic carbocycles. The van der Waals surface area contributed by atoms with Gasteiger partial charge in [-0.3, -0.25) is 4.79 Å². The van der Waals surface area contributed by atoms with E-state index < -0.39 is 30.6 Å². The Morgan fingerprint density at radius 2 is 1.59 bits per heavy atom. The summed E-state index contributed by atoms with van der Waals surface area (Å²) in [4.78, 5) is 10.8. The number of nitrogens with two attached hydrogens (primary N) is 1. The van der Waals surface area contributed by atoms with E-state index in [1.165, 1.54) is 0 Å². The van der Waals surface area contributed by atoms with Gasteiger partial charge in [-0.25, -0.2) is 0 Å². The molecule has 0 fully saturated rings. The molecular formula is C9H7F4NO3. The van der Waals surface area contributed by atoms with Crippen molar-refractivity contribution in [2.45, 2.75) is 13.2 Å². The number of rotatable bonds is 5. The zero-order chi connectivity index (χ0) is 13.0. The molecule has 0 aliphatic rings. The minimum atomic E-state index is -3.24. The van der Waals surface area contributed by atoms with Gasteiger partial charge in [0, 0.05) is 5.56 Å². The van der Waals surface area contributed by atoms with Crippen LogP contribution in [-0.4, -0.2) is 19.1 Å². The van der Waals surface area contributed by atoms with Gasteiger partial charge in [0.2, 0.25) is 5.91 Å². The highest BCUT2D eigenvalue weighted by atomic mass is 19.3. The van der Waals surface area contributed by atoms with Crippen LogP contribution in [0.4, 0.5) is 17.6 Å². The summed E-state index contributed by atoms with van der Waals surface area (Å²) in [6.07, 6.45) is 0. The maximum absolute atomic E-state index is 12.0. The molecule has 0 spiro atoms. The van der Waals surface area contributed by atoms with Crippen LogP contribution in [-0.2, 0) is 0 Å². The highest BCUT2D eigenvalue weighted by molar-refractivity contribution is 5.93. The topological polar surface area (TPSA) is 61.6 Å². The van der Waals surface area contributed by atoms with Crippen LogP contribution in [0.2, 0.25) is 0 Å². The molecule has 0 radical (unpaired) electrons. The summed E-state index contributed by atoms with van der Waals surface area (Å²) in [5.74, 6) is -2.20. The summed E-state index contributed by atoms with van der Waals surface area (Å²) in [7, 11) is 0. The lowest BCUT2D eigenvalue weighted by molar-refractivity contribution is -0.0692. The van der Waals surface area contributed by atoms with E-state index in [1.807, 2.05) is 0 Å². The fraction of sp³-hybridized carbons (Fsp3) is 0.222. The van der Waals surface area contributed by atoms with Crippen molar-refractivity contribution in [3.63, 3.8) is 0 Å². The molecular weight excluding hydrogens is 246 g/mol. The predicted molar refractivity (Wildman–Crippen MR) is 48.2 cm³/mol. The number of halogens is 4. The Morgan fingerprint density at radius 1 is 1.06 bits per heavy atom. The first-order valence-corrected chi connectivity index (χ1v) is 4.23. The number of carbonyl (C=O) groups is 1. The SMILES string of the molecule is NC(=O)c1ccc(OC(F)F)c(OC(F)F)c1. The molecule has 0 saturated heterocycles. The van der Waals surface area contributed by atoms with Gasteiger partial charge in [0.15, 0.2) is 11.5 Å². The number of alkyl halides is 4. The third-order valence-corrected chi connectivity index (χ3v) is 1.66. The normalized spacial score (nSPS) is 10.7. The highest BCUT2D eigenvalue weighted by Gasteiger charge is 2.16. The Labute approximate surface area is 92.9 Å². The molecule has 0 aliphatic carbocycles. The average molecular weight is 253 g/mol. The number of carbonyl (C=O) groups excluding carboxylic acids is 1. The van der Waals surface area contributed by atoms with Gasteiger partial charge in [-0.1, -0.05) is 0 Å². The fourth-order valence-electron chi connectivity index (χ4n) is 1.04. The zero-order valence-corrected chi connectivity index (χ0v) is 8.20. The second-order valence-corrected chi connectivity index (χ2v) is 2.78. The molecule has 8 heteroatoms. The van der Waals surface area contributed by atoms with Gasteiger partial charge in [0.1, 0.15) is 0 Å². The first-order valence-electron chi connectivity index (χ1n) is 4.23. The standard InChI is InChI=1S/C9H7F4NO3/c10-8(11)16-5-2-1-4(7(14)15)3-6(5)17-9(12)13/h1-3,8-9H,(H2,14,15). The summed E-state index contributed by atoms with van der Waals surface area (Å²) in [6.45, 7) is -6.44. The van der Waals surface area contributed by atoms with E-state index in [2.05, 4.69) is 9.47 Å². The largest absolute Gasteiger partial charge is 0.431 e. The van der Waals surface area contributed by atoms with Crippen molar-refractivity contribution in [2.24, 2.45) is 5.73 Å². The van der Waals surface area contributed by atoms with Gasteiger partial charge in [-0.2, -0.15) is 17.6 Å². The quantitative estimate of drug-likeness (QED) is 0.816. The van der Waals surface area contributed by atoms with Crippen molar-refractivity contribution in [1.82, 2.24) is 0 Å². The van der Waals surface area contributed by atoms with Gasteiger partial charge < -0.3 is 15.2 Å². The molecule has 0 aromatic heterocycles. The maximum atomic E-state index is 12.0. The third kappa shape index (κ3) is 3.82. The molecule has 0 saturated carbocycles. The van der Waals surface area contributed by atoms with Crippen LogP contribution in [0.3, 0.4) is 0 Å². The fourth-order valence-corrected chi connectivity index (χ4v) is 1.04. The van der Waals surface area contributed by atoms with Gasteiger partial charge in [0.05, 0.1) is 0 Å². The van der Waals surface area contributed by atoms with Gasteiger partial charge in [0.25, 0.3) is 0 Å². The van der Waals surface area contributed by atoms with Gasteiger partial charge in [-0.15, -0.1) is 0 Å². The summed E-state index contributed by atoms with van der Waals surface area (Å²) in [6, 6.07) is 2.74. The van der Waals surface area contributed by atoms with Crippen LogP contribution >= 0.6 is 0 Å². The van der Waals surface area contributed by atoms with Crippen molar-refractivity contribution in [3.8, 4) is 11.5 Å². The van der Waals surface area contributed by atoms with E-state index in [9.17, 15) is 22.4 Å². The molecule has 1 amide bonds. The molecule has 0 heterocycles. The minimum Gasteiger partial charge on any atom is -0.431 e. The lowest BCUT2D eigenvalue weighted by atomic mass is 10.2. The summed E-state index contributed by atoms with van der Waals surface area (Å²) < 4.78 is 55.7. The second-order valence-electron chi connectivity index (χ2n) is 2.78. The predicted octanol–water partition coefficient (Wildman–Crippen LogP) is 1.99. The molecule has 94 valence electrons. The van der Waals surface area contributed by atoms with Crippen LogP contribution in [0.1, 0.15) is 10.4 Å². The maximum Gasteiger partial charge on any atom is 0.387 e. The van der Waals surface area contributed by atoms with Crippen molar-refractivity contribution in [3.05, 3.63) is 23.8 Å². The van der Waals surface area contributed by atoms with Crippen LogP contribution in [0.25, 0.3) is 0 Å². The Kier molecular flexibility index (Phi) is 4.13.